The largest absolute Gasteiger partial charge is 0.396 e. The summed E-state index contributed by atoms with van der Waals surface area (Å²) in [7, 11) is 0. The molecule has 0 bridgehead atoms. The lowest BCUT2D eigenvalue weighted by molar-refractivity contribution is -0.125. The molecule has 0 fully saturated rings. The Kier molecular flexibility index (Phi) is 6.54. The van der Waals surface area contributed by atoms with Crippen molar-refractivity contribution >= 4 is 5.91 Å². The van der Waals surface area contributed by atoms with Crippen molar-refractivity contribution in [1.29, 1.82) is 0 Å². The van der Waals surface area contributed by atoms with Crippen LogP contribution in [0, 0.1) is 5.92 Å². The molecule has 0 aliphatic rings. The molecule has 0 heterocycles. The Morgan fingerprint density at radius 2 is 2.08 bits per heavy atom. The summed E-state index contributed by atoms with van der Waals surface area (Å²) in [6, 6.07) is 0.0396. The summed E-state index contributed by atoms with van der Waals surface area (Å²) in [5.74, 6) is -0.0162. The molecule has 0 radical (unpaired) electrons. The van der Waals surface area contributed by atoms with Gasteiger partial charge in [0.05, 0.1) is 0 Å². The van der Waals surface area contributed by atoms with Crippen molar-refractivity contribution < 1.29 is 9.90 Å². The van der Waals surface area contributed by atoms with Crippen LogP contribution in [0.3, 0.4) is 0 Å². The molecule has 2 atom stereocenters. The Morgan fingerprint density at radius 3 is 2.54 bits per heavy atom. The van der Waals surface area contributed by atoms with Crippen LogP contribution in [0.5, 0.6) is 0 Å². The first-order valence-electron chi connectivity index (χ1n) is 4.73. The second-order valence-electron chi connectivity index (χ2n) is 3.40. The van der Waals surface area contributed by atoms with Crippen LogP contribution >= 0.6 is 0 Å². The number of hydrogen-bond acceptors (Lipinski definition) is 3. The normalized spacial score (nSPS) is 15.1. The van der Waals surface area contributed by atoms with Crippen LogP contribution in [0.1, 0.15) is 26.7 Å². The molecule has 4 N–H and O–H groups in total. The predicted octanol–water partition coefficient (Wildman–Crippen LogP) is -0.142. The fraction of sp³-hybridized carbons (Fsp3) is 0.889. The number of amides is 1. The first-order chi connectivity index (χ1) is 6.11. The molecule has 0 saturated heterocycles. The molecule has 0 aliphatic carbocycles. The van der Waals surface area contributed by atoms with E-state index in [1.165, 1.54) is 0 Å². The maximum absolute atomic E-state index is 11.4. The molecule has 1 amide bonds. The van der Waals surface area contributed by atoms with Crippen molar-refractivity contribution in [3.8, 4) is 0 Å². The van der Waals surface area contributed by atoms with Crippen molar-refractivity contribution in [3.05, 3.63) is 0 Å². The van der Waals surface area contributed by atoms with E-state index in [4.69, 9.17) is 10.8 Å². The molecule has 4 nitrogen and oxygen atoms in total. The Balaban J connectivity index is 3.71. The van der Waals surface area contributed by atoms with Crippen LogP contribution in [0.4, 0.5) is 0 Å². The van der Waals surface area contributed by atoms with Crippen molar-refractivity contribution in [1.82, 2.24) is 5.32 Å². The minimum Gasteiger partial charge on any atom is -0.396 e. The van der Waals surface area contributed by atoms with Gasteiger partial charge in [-0.05, 0) is 26.3 Å². The van der Waals surface area contributed by atoms with Gasteiger partial charge in [0.1, 0.15) is 0 Å². The minimum atomic E-state index is -0.0360. The lowest BCUT2D eigenvalue weighted by Gasteiger charge is -2.16. The number of aliphatic hydroxyl groups excluding tert-OH is 1. The quantitative estimate of drug-likeness (QED) is 0.543. The van der Waals surface area contributed by atoms with Gasteiger partial charge in [-0.3, -0.25) is 4.79 Å². The van der Waals surface area contributed by atoms with Crippen LogP contribution < -0.4 is 11.1 Å². The van der Waals surface area contributed by atoms with Gasteiger partial charge in [0.15, 0.2) is 0 Å². The van der Waals surface area contributed by atoms with E-state index in [0.717, 1.165) is 0 Å². The standard InChI is InChI=1S/C9H20N2O2/c1-7(3-5-10)9(13)11-8(2)4-6-12/h7-8,12H,3-6,10H2,1-2H3,(H,11,13). The Bertz CT molecular complexity index is 151. The Morgan fingerprint density at radius 1 is 1.46 bits per heavy atom. The van der Waals surface area contributed by atoms with Crippen LogP contribution in [-0.4, -0.2) is 30.2 Å². The van der Waals surface area contributed by atoms with Gasteiger partial charge in [-0.2, -0.15) is 0 Å². The maximum atomic E-state index is 11.4. The fourth-order valence-corrected chi connectivity index (χ4v) is 1.03. The van der Waals surface area contributed by atoms with E-state index in [0.29, 0.717) is 19.4 Å². The number of carbonyl (C=O) groups is 1. The summed E-state index contributed by atoms with van der Waals surface area (Å²) < 4.78 is 0. The zero-order valence-electron chi connectivity index (χ0n) is 8.42. The molecule has 0 aromatic carbocycles. The van der Waals surface area contributed by atoms with Crippen molar-refractivity contribution in [2.24, 2.45) is 11.7 Å². The van der Waals surface area contributed by atoms with E-state index in [-0.39, 0.29) is 24.5 Å². The number of nitrogens with two attached hydrogens (primary N) is 1. The van der Waals surface area contributed by atoms with Gasteiger partial charge in [0, 0.05) is 18.6 Å². The second kappa shape index (κ2) is 6.86. The molecule has 0 aliphatic heterocycles. The second-order valence-corrected chi connectivity index (χ2v) is 3.40. The fourth-order valence-electron chi connectivity index (χ4n) is 1.03. The number of hydrogen-bond donors (Lipinski definition) is 3. The molecule has 0 aromatic heterocycles. The van der Waals surface area contributed by atoms with Crippen molar-refractivity contribution in [2.45, 2.75) is 32.7 Å². The van der Waals surface area contributed by atoms with Crippen molar-refractivity contribution in [2.75, 3.05) is 13.2 Å². The summed E-state index contributed by atoms with van der Waals surface area (Å²) in [6.07, 6.45) is 1.30. The molecular formula is C9H20N2O2. The third kappa shape index (κ3) is 5.60. The van der Waals surface area contributed by atoms with E-state index < -0.39 is 0 Å². The molecule has 0 rings (SSSR count). The van der Waals surface area contributed by atoms with Gasteiger partial charge in [-0.1, -0.05) is 6.92 Å². The van der Waals surface area contributed by atoms with Gasteiger partial charge in [-0.25, -0.2) is 0 Å². The molecule has 13 heavy (non-hydrogen) atoms. The van der Waals surface area contributed by atoms with E-state index in [9.17, 15) is 4.79 Å². The first-order valence-corrected chi connectivity index (χ1v) is 4.73. The predicted molar refractivity (Wildman–Crippen MR) is 52.1 cm³/mol. The van der Waals surface area contributed by atoms with Gasteiger partial charge in [0.2, 0.25) is 5.91 Å². The van der Waals surface area contributed by atoms with Gasteiger partial charge < -0.3 is 16.2 Å². The smallest absolute Gasteiger partial charge is 0.223 e. The van der Waals surface area contributed by atoms with Crippen molar-refractivity contribution in [3.63, 3.8) is 0 Å². The zero-order valence-corrected chi connectivity index (χ0v) is 8.42. The third-order valence-electron chi connectivity index (χ3n) is 2.00. The van der Waals surface area contributed by atoms with E-state index in [2.05, 4.69) is 5.32 Å². The average molecular weight is 188 g/mol. The number of nitrogens with one attached hydrogen (secondary N) is 1. The third-order valence-corrected chi connectivity index (χ3v) is 2.00. The molecule has 4 heteroatoms. The van der Waals surface area contributed by atoms with E-state index in [1.807, 2.05) is 13.8 Å². The summed E-state index contributed by atoms with van der Waals surface area (Å²) in [4.78, 5) is 11.4. The zero-order chi connectivity index (χ0) is 10.3. The van der Waals surface area contributed by atoms with Gasteiger partial charge in [-0.15, -0.1) is 0 Å². The summed E-state index contributed by atoms with van der Waals surface area (Å²) in [5, 5.41) is 11.4. The van der Waals surface area contributed by atoms with Crippen LogP contribution in [0.2, 0.25) is 0 Å². The van der Waals surface area contributed by atoms with Crippen LogP contribution in [0.15, 0.2) is 0 Å². The van der Waals surface area contributed by atoms with Gasteiger partial charge >= 0.3 is 0 Å². The van der Waals surface area contributed by atoms with E-state index >= 15 is 0 Å². The van der Waals surface area contributed by atoms with E-state index in [1.54, 1.807) is 0 Å². The lowest BCUT2D eigenvalue weighted by Crippen LogP contribution is -2.37. The SMILES string of the molecule is CC(CCO)NC(=O)C(C)CCN. The average Bonchev–Trinajstić information content (AvgIpc) is 2.05. The highest BCUT2D eigenvalue weighted by molar-refractivity contribution is 5.78. The monoisotopic (exact) mass is 188 g/mol. The van der Waals surface area contributed by atoms with Gasteiger partial charge in [0.25, 0.3) is 0 Å². The highest BCUT2D eigenvalue weighted by Gasteiger charge is 2.13. The topological polar surface area (TPSA) is 75.3 Å². The molecule has 78 valence electrons. The first kappa shape index (κ1) is 12.4. The molecule has 0 aromatic rings. The molecule has 0 saturated carbocycles. The molecule has 0 spiro atoms. The lowest BCUT2D eigenvalue weighted by atomic mass is 10.1. The Hall–Kier alpha value is -0.610. The summed E-state index contributed by atoms with van der Waals surface area (Å²) in [5.41, 5.74) is 5.34. The molecular weight excluding hydrogens is 168 g/mol. The summed E-state index contributed by atoms with van der Waals surface area (Å²) >= 11 is 0. The van der Waals surface area contributed by atoms with Crippen LogP contribution in [0.25, 0.3) is 0 Å². The molecule has 2 unspecified atom stereocenters. The number of carbonyl (C=O) groups excluding carboxylic acids is 1. The number of aliphatic hydroxyl groups is 1. The Labute approximate surface area is 79.5 Å². The summed E-state index contributed by atoms with van der Waals surface area (Å²) in [6.45, 7) is 4.37. The highest BCUT2D eigenvalue weighted by Crippen LogP contribution is 2.01. The number of rotatable bonds is 6. The van der Waals surface area contributed by atoms with Crippen LogP contribution in [-0.2, 0) is 4.79 Å². The minimum absolute atomic E-state index is 0.0198. The maximum Gasteiger partial charge on any atom is 0.223 e. The highest BCUT2D eigenvalue weighted by atomic mass is 16.3.